The minimum absolute atomic E-state index is 0.180. The lowest BCUT2D eigenvalue weighted by Gasteiger charge is -2.35. The molecule has 0 radical (unpaired) electrons. The van der Waals surface area contributed by atoms with Crippen LogP contribution < -0.4 is 0 Å². The minimum Gasteiger partial charge on any atom is -0.283 e. The molecule has 33 heavy (non-hydrogen) atoms. The third-order valence-corrected chi connectivity index (χ3v) is 8.37. The highest BCUT2D eigenvalue weighted by molar-refractivity contribution is 7.89. The summed E-state index contributed by atoms with van der Waals surface area (Å²) < 4.78 is 27.8. The van der Waals surface area contributed by atoms with Crippen molar-refractivity contribution >= 4 is 32.6 Å². The molecule has 170 valence electrons. The van der Waals surface area contributed by atoms with E-state index in [0.29, 0.717) is 26.2 Å². The van der Waals surface area contributed by atoms with Crippen LogP contribution in [-0.4, -0.2) is 67.2 Å². The van der Waals surface area contributed by atoms with Gasteiger partial charge < -0.3 is 0 Å². The normalized spacial score (nSPS) is 20.6. The lowest BCUT2D eigenvalue weighted by atomic mass is 9.98. The molecular weight excluding hydrogens is 438 g/mol. The van der Waals surface area contributed by atoms with E-state index in [2.05, 4.69) is 0 Å². The smallest absolute Gasteiger partial charge is 0.243 e. The molecule has 0 unspecified atom stereocenters. The van der Waals surface area contributed by atoms with Crippen LogP contribution in [0.5, 0.6) is 0 Å². The van der Waals surface area contributed by atoms with Gasteiger partial charge in [-0.2, -0.15) is 4.31 Å². The molecule has 3 aromatic rings. The summed E-state index contributed by atoms with van der Waals surface area (Å²) in [4.78, 5) is 29.0. The molecule has 0 bridgehead atoms. The average molecular weight is 464 g/mol. The van der Waals surface area contributed by atoms with Crippen LogP contribution in [0.3, 0.4) is 0 Å². The highest BCUT2D eigenvalue weighted by atomic mass is 32.2. The van der Waals surface area contributed by atoms with E-state index in [1.54, 1.807) is 12.1 Å². The van der Waals surface area contributed by atoms with Gasteiger partial charge in [0.1, 0.15) is 0 Å². The van der Waals surface area contributed by atoms with Crippen molar-refractivity contribution in [2.24, 2.45) is 0 Å². The number of amides is 2. The lowest BCUT2D eigenvalue weighted by Crippen LogP contribution is -2.52. The summed E-state index contributed by atoms with van der Waals surface area (Å²) in [6.07, 6.45) is 0.180. The molecule has 2 amide bonds. The van der Waals surface area contributed by atoms with Crippen molar-refractivity contribution in [3.63, 3.8) is 0 Å². The van der Waals surface area contributed by atoms with Crippen molar-refractivity contribution in [3.8, 4) is 0 Å². The second kappa shape index (κ2) is 8.70. The van der Waals surface area contributed by atoms with E-state index in [0.717, 1.165) is 16.3 Å². The van der Waals surface area contributed by atoms with Gasteiger partial charge in [0, 0.05) is 32.6 Å². The number of imide groups is 1. The van der Waals surface area contributed by atoms with E-state index in [9.17, 15) is 18.0 Å². The van der Waals surface area contributed by atoms with Gasteiger partial charge >= 0.3 is 0 Å². The van der Waals surface area contributed by atoms with Crippen LogP contribution in [0, 0.1) is 0 Å². The topological polar surface area (TPSA) is 78.0 Å². The van der Waals surface area contributed by atoms with Gasteiger partial charge in [-0.1, -0.05) is 60.7 Å². The van der Waals surface area contributed by atoms with E-state index in [1.165, 1.54) is 9.21 Å². The first-order chi connectivity index (χ1) is 15.9. The third kappa shape index (κ3) is 4.17. The zero-order chi connectivity index (χ0) is 23.0. The number of carbonyl (C=O) groups is 2. The molecule has 8 heteroatoms. The van der Waals surface area contributed by atoms with Gasteiger partial charge in [0.25, 0.3) is 0 Å². The maximum absolute atomic E-state index is 13.2. The van der Waals surface area contributed by atoms with Crippen molar-refractivity contribution in [3.05, 3.63) is 78.4 Å². The average Bonchev–Trinajstić information content (AvgIpc) is 3.13. The highest BCUT2D eigenvalue weighted by Gasteiger charge is 2.40. The molecule has 7 nitrogen and oxygen atoms in total. The van der Waals surface area contributed by atoms with Gasteiger partial charge in [0.15, 0.2) is 0 Å². The first kappa shape index (κ1) is 21.8. The fourth-order valence-electron chi connectivity index (χ4n) is 4.57. The maximum Gasteiger partial charge on any atom is 0.243 e. The molecule has 2 heterocycles. The summed E-state index contributed by atoms with van der Waals surface area (Å²) in [5, 5.41) is 1.88. The zero-order valence-corrected chi connectivity index (χ0v) is 18.9. The first-order valence-corrected chi connectivity index (χ1v) is 12.5. The third-order valence-electron chi connectivity index (χ3n) is 6.48. The SMILES string of the molecule is O=C1C[C@@H](c2ccccc2)C(=O)N1CN1CCN(S(=O)(=O)c2ccc3ccccc3c2)CC1. The van der Waals surface area contributed by atoms with Crippen LogP contribution >= 0.6 is 0 Å². The Hall–Kier alpha value is -3.07. The van der Waals surface area contributed by atoms with Gasteiger partial charge in [-0.05, 0) is 28.5 Å². The summed E-state index contributed by atoms with van der Waals surface area (Å²) in [6.45, 7) is 1.74. The van der Waals surface area contributed by atoms with Crippen molar-refractivity contribution in [1.29, 1.82) is 0 Å². The Kier molecular flexibility index (Phi) is 5.74. The number of piperazine rings is 1. The standard InChI is InChI=1S/C25H25N3O4S/c29-24-17-23(20-7-2-1-3-8-20)25(30)28(24)18-26-12-14-27(15-13-26)33(31,32)22-11-10-19-6-4-5-9-21(19)16-22/h1-11,16,23H,12-15,17-18H2/t23-/m0/s1. The molecule has 2 aliphatic rings. The molecule has 0 aliphatic carbocycles. The second-order valence-corrected chi connectivity index (χ2v) is 10.4. The lowest BCUT2D eigenvalue weighted by molar-refractivity contribution is -0.141. The largest absolute Gasteiger partial charge is 0.283 e. The van der Waals surface area contributed by atoms with E-state index in [-0.39, 0.29) is 29.8 Å². The van der Waals surface area contributed by atoms with Crippen LogP contribution in [0.25, 0.3) is 10.8 Å². The van der Waals surface area contributed by atoms with Gasteiger partial charge in [-0.15, -0.1) is 0 Å². The Bertz CT molecular complexity index is 1300. The molecule has 3 aromatic carbocycles. The van der Waals surface area contributed by atoms with E-state index < -0.39 is 15.9 Å². The zero-order valence-electron chi connectivity index (χ0n) is 18.1. The summed E-state index contributed by atoms with van der Waals surface area (Å²) in [5.74, 6) is -0.800. The Labute approximate surface area is 193 Å². The van der Waals surface area contributed by atoms with Gasteiger partial charge in [0.05, 0.1) is 17.5 Å². The second-order valence-electron chi connectivity index (χ2n) is 8.50. The molecule has 2 fully saturated rings. The molecular formula is C25H25N3O4S. The number of rotatable bonds is 5. The summed E-state index contributed by atoms with van der Waals surface area (Å²) in [5.41, 5.74) is 0.852. The predicted molar refractivity (Wildman–Crippen MR) is 125 cm³/mol. The van der Waals surface area contributed by atoms with E-state index in [4.69, 9.17) is 0 Å². The molecule has 1 atom stereocenters. The number of fused-ring (bicyclic) bond motifs is 1. The van der Waals surface area contributed by atoms with Gasteiger partial charge in [-0.3, -0.25) is 19.4 Å². The molecule has 2 saturated heterocycles. The Morgan fingerprint density at radius 1 is 0.788 bits per heavy atom. The highest BCUT2D eigenvalue weighted by Crippen LogP contribution is 2.30. The summed E-state index contributed by atoms with van der Waals surface area (Å²) in [6, 6.07) is 22.2. The fraction of sp³-hybridized carbons (Fsp3) is 0.280. The molecule has 0 N–H and O–H groups in total. The van der Waals surface area contributed by atoms with Crippen LogP contribution in [0.15, 0.2) is 77.7 Å². The van der Waals surface area contributed by atoms with Crippen molar-refractivity contribution < 1.29 is 18.0 Å². The first-order valence-electron chi connectivity index (χ1n) is 11.0. The van der Waals surface area contributed by atoms with Crippen molar-refractivity contribution in [2.75, 3.05) is 32.8 Å². The van der Waals surface area contributed by atoms with E-state index in [1.807, 2.05) is 65.6 Å². The molecule has 0 aromatic heterocycles. The predicted octanol–water partition coefficient (Wildman–Crippen LogP) is 2.65. The number of likely N-dealkylation sites (tertiary alicyclic amines) is 1. The van der Waals surface area contributed by atoms with Crippen LogP contribution in [-0.2, 0) is 19.6 Å². The number of carbonyl (C=O) groups excluding carboxylic acids is 2. The summed E-state index contributed by atoms with van der Waals surface area (Å²) in [7, 11) is -3.61. The molecule has 0 saturated carbocycles. The quantitative estimate of drug-likeness (QED) is 0.544. The van der Waals surface area contributed by atoms with Crippen LogP contribution in [0.1, 0.15) is 17.9 Å². The van der Waals surface area contributed by atoms with Crippen LogP contribution in [0.2, 0.25) is 0 Å². The van der Waals surface area contributed by atoms with Crippen LogP contribution in [0.4, 0.5) is 0 Å². The Balaban J connectivity index is 1.23. The van der Waals surface area contributed by atoms with Crippen molar-refractivity contribution in [1.82, 2.24) is 14.1 Å². The molecule has 0 spiro atoms. The Morgan fingerprint density at radius 2 is 1.45 bits per heavy atom. The number of nitrogens with zero attached hydrogens (tertiary/aromatic N) is 3. The van der Waals surface area contributed by atoms with Gasteiger partial charge in [0.2, 0.25) is 21.8 Å². The number of hydrogen-bond donors (Lipinski definition) is 0. The fourth-order valence-corrected chi connectivity index (χ4v) is 6.02. The monoisotopic (exact) mass is 463 g/mol. The molecule has 2 aliphatic heterocycles. The summed E-state index contributed by atoms with van der Waals surface area (Å²) >= 11 is 0. The Morgan fingerprint density at radius 3 is 2.18 bits per heavy atom. The number of benzene rings is 3. The van der Waals surface area contributed by atoms with Gasteiger partial charge in [-0.25, -0.2) is 8.42 Å². The number of hydrogen-bond acceptors (Lipinski definition) is 5. The van der Waals surface area contributed by atoms with E-state index >= 15 is 0 Å². The minimum atomic E-state index is -3.61. The number of sulfonamides is 1. The van der Waals surface area contributed by atoms with Crippen molar-refractivity contribution in [2.45, 2.75) is 17.2 Å². The maximum atomic E-state index is 13.2. The molecule has 5 rings (SSSR count).